The van der Waals surface area contributed by atoms with Gasteiger partial charge in [-0.2, -0.15) is 0 Å². The Balaban J connectivity index is 2.19. The molecule has 6 nitrogen and oxygen atoms in total. The average molecular weight is 459 g/mol. The quantitative estimate of drug-likeness (QED) is 0.459. The van der Waals surface area contributed by atoms with Gasteiger partial charge < -0.3 is 5.11 Å². The fourth-order valence-corrected chi connectivity index (χ4v) is 3.67. The summed E-state index contributed by atoms with van der Waals surface area (Å²) in [6, 6.07) is 12.6. The Morgan fingerprint density at radius 2 is 1.89 bits per heavy atom. The average Bonchev–Trinajstić information content (AvgIpc) is 2.65. The standard InChI is InChI=1S/C20H13BrClN3O3/c1-10-23-19-17(20(28)25(10)9-16(26)27)14-8-12(21)4-7-15(14)24-18(19)11-2-5-13(22)6-3-11/h2-8H,9H2,1H3,(H,26,27). The van der Waals surface area contributed by atoms with Crippen molar-refractivity contribution in [3.8, 4) is 11.3 Å². The lowest BCUT2D eigenvalue weighted by atomic mass is 10.0. The second-order valence-electron chi connectivity index (χ2n) is 6.30. The van der Waals surface area contributed by atoms with E-state index in [0.29, 0.717) is 38.3 Å². The SMILES string of the molecule is Cc1nc2c(-c3ccc(Cl)cc3)nc3ccc(Br)cc3c2c(=O)n1CC(=O)O. The molecule has 0 atom stereocenters. The van der Waals surface area contributed by atoms with E-state index in [2.05, 4.69) is 20.9 Å². The van der Waals surface area contributed by atoms with Crippen molar-refractivity contribution in [2.24, 2.45) is 0 Å². The van der Waals surface area contributed by atoms with Gasteiger partial charge in [0.25, 0.3) is 5.56 Å². The zero-order chi connectivity index (χ0) is 20.0. The normalized spacial score (nSPS) is 11.2. The molecule has 0 fully saturated rings. The Bertz CT molecular complexity index is 1320. The van der Waals surface area contributed by atoms with Crippen LogP contribution in [-0.2, 0) is 11.3 Å². The number of nitrogens with zero attached hydrogens (tertiary/aromatic N) is 3. The molecule has 0 saturated heterocycles. The van der Waals surface area contributed by atoms with Crippen LogP contribution in [0.15, 0.2) is 51.7 Å². The third-order valence-corrected chi connectivity index (χ3v) is 5.20. The molecule has 140 valence electrons. The second kappa shape index (κ2) is 7.00. The molecule has 1 N–H and O–H groups in total. The van der Waals surface area contributed by atoms with Gasteiger partial charge in [-0.05, 0) is 37.3 Å². The van der Waals surface area contributed by atoms with E-state index in [0.717, 1.165) is 14.6 Å². The number of carboxylic acid groups (broad SMARTS) is 1. The molecule has 0 saturated carbocycles. The first-order valence-electron chi connectivity index (χ1n) is 8.33. The van der Waals surface area contributed by atoms with Crippen LogP contribution in [0.1, 0.15) is 5.82 Å². The van der Waals surface area contributed by atoms with Crippen LogP contribution in [0.3, 0.4) is 0 Å². The van der Waals surface area contributed by atoms with Gasteiger partial charge in [-0.1, -0.05) is 39.7 Å². The zero-order valence-corrected chi connectivity index (χ0v) is 17.0. The van der Waals surface area contributed by atoms with Crippen LogP contribution in [0, 0.1) is 6.92 Å². The highest BCUT2D eigenvalue weighted by atomic mass is 79.9. The number of rotatable bonds is 3. The number of carbonyl (C=O) groups is 1. The van der Waals surface area contributed by atoms with E-state index < -0.39 is 18.1 Å². The van der Waals surface area contributed by atoms with Gasteiger partial charge in [0, 0.05) is 20.4 Å². The first kappa shape index (κ1) is 18.6. The Morgan fingerprint density at radius 3 is 2.57 bits per heavy atom. The van der Waals surface area contributed by atoms with Crippen LogP contribution in [0.25, 0.3) is 33.1 Å². The minimum atomic E-state index is -1.11. The summed E-state index contributed by atoms with van der Waals surface area (Å²) in [7, 11) is 0. The van der Waals surface area contributed by atoms with Crippen LogP contribution in [-0.4, -0.2) is 25.6 Å². The highest BCUT2D eigenvalue weighted by molar-refractivity contribution is 9.10. The third-order valence-electron chi connectivity index (χ3n) is 4.46. The molecule has 0 aliphatic carbocycles. The molecule has 2 heterocycles. The summed E-state index contributed by atoms with van der Waals surface area (Å²) in [5.41, 5.74) is 1.94. The molecule has 4 aromatic rings. The maximum atomic E-state index is 13.2. The van der Waals surface area contributed by atoms with Gasteiger partial charge in [-0.25, -0.2) is 9.97 Å². The lowest BCUT2D eigenvalue weighted by molar-refractivity contribution is -0.137. The van der Waals surface area contributed by atoms with Gasteiger partial charge in [0.1, 0.15) is 17.9 Å². The number of aliphatic carboxylic acids is 1. The molecule has 2 aromatic carbocycles. The first-order chi connectivity index (χ1) is 13.3. The van der Waals surface area contributed by atoms with Crippen LogP contribution in [0.5, 0.6) is 0 Å². The number of hydrogen-bond acceptors (Lipinski definition) is 4. The molecule has 0 aliphatic rings. The Labute approximate surface area is 172 Å². The Kier molecular flexibility index (Phi) is 4.64. The number of hydrogen-bond donors (Lipinski definition) is 1. The summed E-state index contributed by atoms with van der Waals surface area (Å²) in [6.07, 6.45) is 0. The molecule has 2 aromatic heterocycles. The minimum absolute atomic E-state index is 0.311. The summed E-state index contributed by atoms with van der Waals surface area (Å²) in [5.74, 6) is -0.796. The van der Waals surface area contributed by atoms with E-state index in [1.807, 2.05) is 18.2 Å². The van der Waals surface area contributed by atoms with Crippen molar-refractivity contribution in [3.63, 3.8) is 0 Å². The highest BCUT2D eigenvalue weighted by Gasteiger charge is 2.19. The predicted octanol–water partition coefficient (Wildman–Crippen LogP) is 4.42. The van der Waals surface area contributed by atoms with E-state index in [9.17, 15) is 14.7 Å². The number of halogens is 2. The largest absolute Gasteiger partial charge is 0.480 e. The van der Waals surface area contributed by atoms with Gasteiger partial charge in [0.05, 0.1) is 16.6 Å². The number of aromatic nitrogens is 3. The summed E-state index contributed by atoms with van der Waals surface area (Å²) in [6.45, 7) is 1.15. The van der Waals surface area contributed by atoms with Crippen molar-refractivity contribution in [2.75, 3.05) is 0 Å². The minimum Gasteiger partial charge on any atom is -0.480 e. The molecule has 0 bridgehead atoms. The van der Waals surface area contributed by atoms with Crippen LogP contribution in [0.2, 0.25) is 5.02 Å². The van der Waals surface area contributed by atoms with Gasteiger partial charge in [0.2, 0.25) is 0 Å². The molecule has 0 unspecified atom stereocenters. The fraction of sp³-hybridized carbons (Fsp3) is 0.100. The second-order valence-corrected chi connectivity index (χ2v) is 7.65. The lowest BCUT2D eigenvalue weighted by Gasteiger charge is -2.13. The van der Waals surface area contributed by atoms with E-state index in [1.54, 1.807) is 31.2 Å². The molecule has 0 amide bonds. The first-order valence-corrected chi connectivity index (χ1v) is 9.50. The van der Waals surface area contributed by atoms with Crippen molar-refractivity contribution in [2.45, 2.75) is 13.5 Å². The summed E-state index contributed by atoms with van der Waals surface area (Å²) in [4.78, 5) is 33.8. The number of carboxylic acids is 1. The van der Waals surface area contributed by atoms with Gasteiger partial charge >= 0.3 is 5.97 Å². The Hall–Kier alpha value is -2.77. The van der Waals surface area contributed by atoms with Crippen LogP contribution >= 0.6 is 27.5 Å². The topological polar surface area (TPSA) is 85.1 Å². The smallest absolute Gasteiger partial charge is 0.323 e. The summed E-state index contributed by atoms with van der Waals surface area (Å²) >= 11 is 9.42. The van der Waals surface area contributed by atoms with E-state index in [4.69, 9.17) is 16.6 Å². The fourth-order valence-electron chi connectivity index (χ4n) is 3.19. The zero-order valence-electron chi connectivity index (χ0n) is 14.6. The molecule has 0 aliphatic heterocycles. The number of aryl methyl sites for hydroxylation is 1. The van der Waals surface area contributed by atoms with Crippen molar-refractivity contribution >= 4 is 55.3 Å². The molecule has 4 rings (SSSR count). The van der Waals surface area contributed by atoms with Crippen molar-refractivity contribution in [1.82, 2.24) is 14.5 Å². The van der Waals surface area contributed by atoms with E-state index in [1.165, 1.54) is 0 Å². The summed E-state index contributed by atoms with van der Waals surface area (Å²) < 4.78 is 1.95. The number of fused-ring (bicyclic) bond motifs is 3. The monoisotopic (exact) mass is 457 g/mol. The van der Waals surface area contributed by atoms with Crippen molar-refractivity contribution < 1.29 is 9.90 Å². The van der Waals surface area contributed by atoms with Gasteiger partial charge in [-0.3, -0.25) is 14.2 Å². The van der Waals surface area contributed by atoms with Gasteiger partial charge in [0.15, 0.2) is 0 Å². The molecule has 0 spiro atoms. The molecule has 0 radical (unpaired) electrons. The maximum absolute atomic E-state index is 13.2. The lowest BCUT2D eigenvalue weighted by Crippen LogP contribution is -2.27. The molecular weight excluding hydrogens is 446 g/mol. The van der Waals surface area contributed by atoms with E-state index in [-0.39, 0.29) is 0 Å². The predicted molar refractivity (Wildman–Crippen MR) is 112 cm³/mol. The van der Waals surface area contributed by atoms with Crippen LogP contribution < -0.4 is 5.56 Å². The Morgan fingerprint density at radius 1 is 1.18 bits per heavy atom. The van der Waals surface area contributed by atoms with Crippen molar-refractivity contribution in [1.29, 1.82) is 0 Å². The number of pyridine rings is 1. The molecule has 8 heteroatoms. The van der Waals surface area contributed by atoms with Gasteiger partial charge in [-0.15, -0.1) is 0 Å². The highest BCUT2D eigenvalue weighted by Crippen LogP contribution is 2.31. The summed E-state index contributed by atoms with van der Waals surface area (Å²) in [5, 5.41) is 10.7. The maximum Gasteiger partial charge on any atom is 0.323 e. The van der Waals surface area contributed by atoms with Crippen molar-refractivity contribution in [3.05, 3.63) is 68.1 Å². The van der Waals surface area contributed by atoms with Crippen LogP contribution in [0.4, 0.5) is 0 Å². The molecule has 28 heavy (non-hydrogen) atoms. The van der Waals surface area contributed by atoms with E-state index >= 15 is 0 Å². The number of benzene rings is 2. The molecular formula is C20H13BrClN3O3. The third kappa shape index (κ3) is 3.16.